The number of rotatable bonds is 5. The molecule has 2 amide bonds. The first-order chi connectivity index (χ1) is 15.1. The van der Waals surface area contributed by atoms with Gasteiger partial charge in [-0.3, -0.25) is 9.59 Å². The maximum absolute atomic E-state index is 12.9. The summed E-state index contributed by atoms with van der Waals surface area (Å²) in [5, 5.41) is 0. The summed E-state index contributed by atoms with van der Waals surface area (Å²) in [6.07, 6.45) is 4.83. The number of hydrogen-bond donors (Lipinski definition) is 0. The average molecular weight is 421 g/mol. The molecule has 31 heavy (non-hydrogen) atoms. The third kappa shape index (κ3) is 5.26. The van der Waals surface area contributed by atoms with E-state index in [-0.39, 0.29) is 17.7 Å². The Hall–Kier alpha value is -3.28. The fraction of sp³-hybridized carbons (Fsp3) is 0.360. The quantitative estimate of drug-likeness (QED) is 0.696. The van der Waals surface area contributed by atoms with Gasteiger partial charge in [0.15, 0.2) is 11.5 Å². The monoisotopic (exact) mass is 420 g/mol. The lowest BCUT2D eigenvalue weighted by atomic mass is 9.95. The number of carbonyl (C=O) groups excluding carboxylic acids is 2. The molecule has 0 N–H and O–H groups in total. The number of likely N-dealkylation sites (tertiary alicyclic amines) is 1. The second kappa shape index (κ2) is 9.69. The van der Waals surface area contributed by atoms with Gasteiger partial charge in [0.2, 0.25) is 11.8 Å². The van der Waals surface area contributed by atoms with Gasteiger partial charge in [-0.25, -0.2) is 0 Å². The molecule has 0 atom stereocenters. The second-order valence-corrected chi connectivity index (χ2v) is 8.02. The SMILES string of the molecule is CN(Cc1ccc2c(c1)OCCO2)C(=O)C1CCN(C(=O)/C=C/c2ccccc2)CC1. The predicted octanol–water partition coefficient (Wildman–Crippen LogP) is 3.37. The fourth-order valence-electron chi connectivity index (χ4n) is 4.03. The zero-order chi connectivity index (χ0) is 21.6. The summed E-state index contributed by atoms with van der Waals surface area (Å²) in [5.41, 5.74) is 2.01. The predicted molar refractivity (Wildman–Crippen MR) is 119 cm³/mol. The number of nitrogens with zero attached hydrogens (tertiary/aromatic N) is 2. The van der Waals surface area contributed by atoms with Gasteiger partial charge in [-0.2, -0.15) is 0 Å². The van der Waals surface area contributed by atoms with E-state index in [0.717, 1.165) is 22.6 Å². The first kappa shape index (κ1) is 21.0. The molecule has 0 aromatic heterocycles. The molecule has 2 aromatic carbocycles. The Morgan fingerprint density at radius 3 is 2.48 bits per heavy atom. The van der Waals surface area contributed by atoms with Crippen molar-refractivity contribution in [2.24, 2.45) is 5.92 Å². The second-order valence-electron chi connectivity index (χ2n) is 8.02. The van der Waals surface area contributed by atoms with E-state index in [9.17, 15) is 9.59 Å². The highest BCUT2D eigenvalue weighted by atomic mass is 16.6. The van der Waals surface area contributed by atoms with Gasteiger partial charge < -0.3 is 19.3 Å². The third-order valence-electron chi connectivity index (χ3n) is 5.78. The van der Waals surface area contributed by atoms with Crippen molar-refractivity contribution in [2.75, 3.05) is 33.4 Å². The molecule has 4 rings (SSSR count). The van der Waals surface area contributed by atoms with E-state index in [0.29, 0.717) is 45.7 Å². The molecule has 1 fully saturated rings. The minimum absolute atomic E-state index is 0.000570. The number of carbonyl (C=O) groups is 2. The number of ether oxygens (including phenoxy) is 2. The highest BCUT2D eigenvalue weighted by Crippen LogP contribution is 2.31. The van der Waals surface area contributed by atoms with E-state index in [1.807, 2.05) is 66.6 Å². The van der Waals surface area contributed by atoms with Crippen LogP contribution in [-0.4, -0.2) is 55.0 Å². The van der Waals surface area contributed by atoms with E-state index < -0.39 is 0 Å². The van der Waals surface area contributed by atoms with Crippen molar-refractivity contribution in [3.05, 3.63) is 65.7 Å². The van der Waals surface area contributed by atoms with E-state index >= 15 is 0 Å². The molecule has 6 nitrogen and oxygen atoms in total. The maximum Gasteiger partial charge on any atom is 0.246 e. The minimum Gasteiger partial charge on any atom is -0.486 e. The summed E-state index contributed by atoms with van der Waals surface area (Å²) in [5.74, 6) is 1.56. The van der Waals surface area contributed by atoms with Gasteiger partial charge in [-0.05, 0) is 42.2 Å². The maximum atomic E-state index is 12.9. The van der Waals surface area contributed by atoms with Crippen LogP contribution in [0.1, 0.15) is 24.0 Å². The molecule has 6 heteroatoms. The molecular formula is C25H28N2O4. The van der Waals surface area contributed by atoms with E-state index in [1.165, 1.54) is 0 Å². The van der Waals surface area contributed by atoms with Gasteiger partial charge in [0.25, 0.3) is 0 Å². The van der Waals surface area contributed by atoms with Crippen LogP contribution in [0.5, 0.6) is 11.5 Å². The normalized spacial score (nSPS) is 16.4. The zero-order valence-corrected chi connectivity index (χ0v) is 17.8. The van der Waals surface area contributed by atoms with Crippen molar-refractivity contribution in [3.63, 3.8) is 0 Å². The Bertz CT molecular complexity index is 949. The Labute approximate surface area is 183 Å². The molecule has 0 bridgehead atoms. The number of piperidine rings is 1. The molecule has 2 aromatic rings. The van der Waals surface area contributed by atoms with Crippen LogP contribution in [0.15, 0.2) is 54.6 Å². The van der Waals surface area contributed by atoms with Gasteiger partial charge in [-0.15, -0.1) is 0 Å². The summed E-state index contributed by atoms with van der Waals surface area (Å²) >= 11 is 0. The summed E-state index contributed by atoms with van der Waals surface area (Å²) in [7, 11) is 1.83. The van der Waals surface area contributed by atoms with Crippen LogP contribution in [0.2, 0.25) is 0 Å². The van der Waals surface area contributed by atoms with Crippen LogP contribution < -0.4 is 9.47 Å². The zero-order valence-electron chi connectivity index (χ0n) is 17.8. The summed E-state index contributed by atoms with van der Waals surface area (Å²) in [6, 6.07) is 15.6. The van der Waals surface area contributed by atoms with E-state index in [1.54, 1.807) is 11.0 Å². The first-order valence-electron chi connectivity index (χ1n) is 10.8. The van der Waals surface area contributed by atoms with Crippen LogP contribution in [0.25, 0.3) is 6.08 Å². The van der Waals surface area contributed by atoms with Crippen molar-refractivity contribution < 1.29 is 19.1 Å². The van der Waals surface area contributed by atoms with Crippen LogP contribution >= 0.6 is 0 Å². The van der Waals surface area contributed by atoms with Gasteiger partial charge in [0, 0.05) is 38.7 Å². The lowest BCUT2D eigenvalue weighted by Gasteiger charge is -2.32. The van der Waals surface area contributed by atoms with Crippen molar-refractivity contribution in [2.45, 2.75) is 19.4 Å². The fourth-order valence-corrected chi connectivity index (χ4v) is 4.03. The Kier molecular flexibility index (Phi) is 6.55. The number of benzene rings is 2. The summed E-state index contributed by atoms with van der Waals surface area (Å²) < 4.78 is 11.2. The molecule has 0 aliphatic carbocycles. The molecule has 1 saturated heterocycles. The molecule has 2 aliphatic heterocycles. The first-order valence-corrected chi connectivity index (χ1v) is 10.8. The van der Waals surface area contributed by atoms with E-state index in [2.05, 4.69) is 0 Å². The molecule has 2 heterocycles. The highest BCUT2D eigenvalue weighted by Gasteiger charge is 2.28. The molecule has 2 aliphatic rings. The lowest BCUT2D eigenvalue weighted by Crippen LogP contribution is -2.42. The standard InChI is InChI=1S/C25H28N2O4/c1-26(18-20-7-9-22-23(17-20)31-16-15-30-22)25(29)21-11-13-27(14-12-21)24(28)10-8-19-5-3-2-4-6-19/h2-10,17,21H,11-16,18H2,1H3/b10-8+. The smallest absolute Gasteiger partial charge is 0.246 e. The van der Waals surface area contributed by atoms with Gasteiger partial charge in [-0.1, -0.05) is 36.4 Å². The molecular weight excluding hydrogens is 392 g/mol. The summed E-state index contributed by atoms with van der Waals surface area (Å²) in [6.45, 7) is 2.84. The van der Waals surface area contributed by atoms with Crippen molar-refractivity contribution in [3.8, 4) is 11.5 Å². The van der Waals surface area contributed by atoms with Crippen LogP contribution in [0.3, 0.4) is 0 Å². The van der Waals surface area contributed by atoms with Crippen LogP contribution in [0.4, 0.5) is 0 Å². The largest absolute Gasteiger partial charge is 0.486 e. The number of hydrogen-bond acceptors (Lipinski definition) is 4. The molecule has 0 saturated carbocycles. The topological polar surface area (TPSA) is 59.1 Å². The minimum atomic E-state index is -0.0515. The number of amides is 2. The van der Waals surface area contributed by atoms with Crippen molar-refractivity contribution in [1.82, 2.24) is 9.80 Å². The van der Waals surface area contributed by atoms with Crippen molar-refractivity contribution >= 4 is 17.9 Å². The van der Waals surface area contributed by atoms with Gasteiger partial charge >= 0.3 is 0 Å². The van der Waals surface area contributed by atoms with Gasteiger partial charge in [0.1, 0.15) is 13.2 Å². The Balaban J connectivity index is 1.27. The highest BCUT2D eigenvalue weighted by molar-refractivity contribution is 5.92. The Morgan fingerprint density at radius 1 is 1.03 bits per heavy atom. The van der Waals surface area contributed by atoms with Gasteiger partial charge in [0.05, 0.1) is 0 Å². The average Bonchev–Trinajstić information content (AvgIpc) is 2.82. The molecule has 0 radical (unpaired) electrons. The lowest BCUT2D eigenvalue weighted by molar-refractivity contribution is -0.138. The molecule has 0 spiro atoms. The number of fused-ring (bicyclic) bond motifs is 1. The summed E-state index contributed by atoms with van der Waals surface area (Å²) in [4.78, 5) is 29.0. The molecule has 162 valence electrons. The van der Waals surface area contributed by atoms with Crippen LogP contribution in [0, 0.1) is 5.92 Å². The third-order valence-corrected chi connectivity index (χ3v) is 5.78. The van der Waals surface area contributed by atoms with Crippen LogP contribution in [-0.2, 0) is 16.1 Å². The van der Waals surface area contributed by atoms with Crippen molar-refractivity contribution in [1.29, 1.82) is 0 Å². The van der Waals surface area contributed by atoms with E-state index in [4.69, 9.17) is 9.47 Å². The Morgan fingerprint density at radius 2 is 1.74 bits per heavy atom. The molecule has 0 unspecified atom stereocenters.